The average Bonchev–Trinajstić information content (AvgIpc) is 2.26. The molecule has 0 heterocycles. The number of carbonyl (C=O) groups is 1. The highest BCUT2D eigenvalue weighted by Gasteiger charge is 2.30. The van der Waals surface area contributed by atoms with Crippen LogP contribution in [-0.4, -0.2) is 12.3 Å². The molecule has 2 nitrogen and oxygen atoms in total. The van der Waals surface area contributed by atoms with Gasteiger partial charge in [-0.2, -0.15) is 13.2 Å². The molecule has 92 valence electrons. The van der Waals surface area contributed by atoms with Gasteiger partial charge in [0, 0.05) is 5.69 Å². The summed E-state index contributed by atoms with van der Waals surface area (Å²) in [5.74, 6) is -0.190. The fourth-order valence-corrected chi connectivity index (χ4v) is 1.24. The fourth-order valence-electron chi connectivity index (χ4n) is 1.24. The zero-order valence-corrected chi connectivity index (χ0v) is 9.21. The Hall–Kier alpha value is -1.78. The van der Waals surface area contributed by atoms with E-state index in [-0.39, 0.29) is 18.0 Å². The van der Waals surface area contributed by atoms with Crippen LogP contribution in [0.3, 0.4) is 0 Å². The second-order valence-corrected chi connectivity index (χ2v) is 3.40. The molecule has 0 bridgehead atoms. The zero-order chi connectivity index (χ0) is 12.9. The molecule has 0 radical (unpaired) electrons. The minimum Gasteiger partial charge on any atom is -0.378 e. The van der Waals surface area contributed by atoms with Crippen molar-refractivity contribution in [3.05, 3.63) is 42.0 Å². The van der Waals surface area contributed by atoms with Crippen molar-refractivity contribution < 1.29 is 18.0 Å². The number of nitrogens with one attached hydrogen (secondary N) is 1. The van der Waals surface area contributed by atoms with Gasteiger partial charge in [0.25, 0.3) is 0 Å². The molecule has 1 N–H and O–H groups in total. The number of ketones is 1. The Bertz CT molecular complexity index is 424. The highest BCUT2D eigenvalue weighted by atomic mass is 19.4. The van der Waals surface area contributed by atoms with Gasteiger partial charge in [0.1, 0.15) is 0 Å². The van der Waals surface area contributed by atoms with Crippen LogP contribution in [0.15, 0.2) is 36.4 Å². The molecule has 5 heteroatoms. The lowest BCUT2D eigenvalue weighted by Gasteiger charge is -2.09. The molecule has 0 aliphatic rings. The maximum atomic E-state index is 12.4. The monoisotopic (exact) mass is 243 g/mol. The number of rotatable bonds is 4. The van der Waals surface area contributed by atoms with Crippen LogP contribution < -0.4 is 5.32 Å². The van der Waals surface area contributed by atoms with Crippen LogP contribution in [-0.2, 0) is 11.0 Å². The normalized spacial score (nSPS) is 11.8. The van der Waals surface area contributed by atoms with Crippen molar-refractivity contribution in [1.29, 1.82) is 0 Å². The van der Waals surface area contributed by atoms with E-state index >= 15 is 0 Å². The summed E-state index contributed by atoms with van der Waals surface area (Å²) in [5, 5.41) is 2.64. The number of alkyl halides is 3. The van der Waals surface area contributed by atoms with Crippen LogP contribution in [0.5, 0.6) is 0 Å². The summed E-state index contributed by atoms with van der Waals surface area (Å²) >= 11 is 0. The van der Waals surface area contributed by atoms with E-state index in [4.69, 9.17) is 0 Å². The molecule has 1 aromatic carbocycles. The van der Waals surface area contributed by atoms with Crippen molar-refractivity contribution in [3.8, 4) is 0 Å². The summed E-state index contributed by atoms with van der Waals surface area (Å²) in [5.41, 5.74) is -0.460. The summed E-state index contributed by atoms with van der Waals surface area (Å²) in [4.78, 5) is 11.1. The first-order valence-electron chi connectivity index (χ1n) is 5.00. The van der Waals surface area contributed by atoms with E-state index in [1.165, 1.54) is 18.2 Å². The molecule has 1 aromatic rings. The molecule has 0 atom stereocenters. The quantitative estimate of drug-likeness (QED) is 0.822. The Kier molecular flexibility index (Phi) is 4.31. The molecule has 0 amide bonds. The lowest BCUT2D eigenvalue weighted by atomic mass is 10.2. The van der Waals surface area contributed by atoms with Crippen molar-refractivity contribution in [1.82, 2.24) is 0 Å². The number of anilines is 1. The Balaban J connectivity index is 2.70. The van der Waals surface area contributed by atoms with E-state index in [1.807, 2.05) is 0 Å². The Morgan fingerprint density at radius 2 is 2.12 bits per heavy atom. The van der Waals surface area contributed by atoms with Gasteiger partial charge in [-0.1, -0.05) is 12.1 Å². The summed E-state index contributed by atoms with van der Waals surface area (Å²) in [6, 6.07) is 4.74. The lowest BCUT2D eigenvalue weighted by molar-refractivity contribution is -0.137. The molecule has 0 aliphatic carbocycles. The third-order valence-electron chi connectivity index (χ3n) is 2.01. The number of halogens is 3. The molecule has 17 heavy (non-hydrogen) atoms. The number of benzene rings is 1. The summed E-state index contributed by atoms with van der Waals surface area (Å²) < 4.78 is 37.1. The van der Waals surface area contributed by atoms with Gasteiger partial charge in [-0.25, -0.2) is 0 Å². The van der Waals surface area contributed by atoms with Crippen molar-refractivity contribution in [2.75, 3.05) is 11.9 Å². The van der Waals surface area contributed by atoms with Gasteiger partial charge in [0.15, 0.2) is 5.78 Å². The molecular formula is C12H12F3NO. The largest absolute Gasteiger partial charge is 0.416 e. The minimum atomic E-state index is -4.37. The van der Waals surface area contributed by atoms with Gasteiger partial charge < -0.3 is 5.32 Å². The summed E-state index contributed by atoms with van der Waals surface area (Å²) in [6.45, 7) is 1.67. The van der Waals surface area contributed by atoms with E-state index in [0.717, 1.165) is 12.1 Å². The molecule has 0 aromatic heterocycles. The third-order valence-corrected chi connectivity index (χ3v) is 2.01. The lowest BCUT2D eigenvalue weighted by Crippen LogP contribution is -2.12. The molecule has 0 unspecified atom stereocenters. The zero-order valence-electron chi connectivity index (χ0n) is 9.21. The highest BCUT2D eigenvalue weighted by Crippen LogP contribution is 2.30. The van der Waals surface area contributed by atoms with Crippen LogP contribution in [0.2, 0.25) is 0 Å². The smallest absolute Gasteiger partial charge is 0.378 e. The van der Waals surface area contributed by atoms with E-state index in [1.54, 1.807) is 13.0 Å². The molecule has 1 rings (SSSR count). The van der Waals surface area contributed by atoms with Crippen molar-refractivity contribution in [2.45, 2.75) is 13.1 Å². The van der Waals surface area contributed by atoms with Gasteiger partial charge in [-0.3, -0.25) is 4.79 Å². The van der Waals surface area contributed by atoms with Gasteiger partial charge in [-0.05, 0) is 31.2 Å². The Labute approximate surface area is 97.1 Å². The van der Waals surface area contributed by atoms with E-state index in [2.05, 4.69) is 5.32 Å². The fraction of sp³-hybridized carbons (Fsp3) is 0.250. The van der Waals surface area contributed by atoms with E-state index in [0.29, 0.717) is 0 Å². The molecule has 0 saturated carbocycles. The van der Waals surface area contributed by atoms with E-state index < -0.39 is 11.7 Å². The van der Waals surface area contributed by atoms with Crippen LogP contribution in [0.4, 0.5) is 18.9 Å². The first-order valence-corrected chi connectivity index (χ1v) is 5.00. The summed E-state index contributed by atoms with van der Waals surface area (Å²) in [6.07, 6.45) is -1.43. The average molecular weight is 243 g/mol. The van der Waals surface area contributed by atoms with Crippen LogP contribution in [0, 0.1) is 0 Å². The van der Waals surface area contributed by atoms with Crippen molar-refractivity contribution in [2.24, 2.45) is 0 Å². The maximum absolute atomic E-state index is 12.4. The van der Waals surface area contributed by atoms with Crippen molar-refractivity contribution >= 4 is 11.5 Å². The van der Waals surface area contributed by atoms with Gasteiger partial charge in [-0.15, -0.1) is 0 Å². The molecule has 0 saturated heterocycles. The number of hydrogen-bond donors (Lipinski definition) is 1. The van der Waals surface area contributed by atoms with Crippen molar-refractivity contribution in [3.63, 3.8) is 0 Å². The van der Waals surface area contributed by atoms with Gasteiger partial charge in [0.05, 0.1) is 12.1 Å². The Morgan fingerprint density at radius 3 is 2.71 bits per heavy atom. The second-order valence-electron chi connectivity index (χ2n) is 3.40. The standard InChI is InChI=1S/C12H12F3NO/c1-2-4-11(17)8-16-10-6-3-5-9(7-10)12(13,14)15/h2-7,16H,8H2,1H3/b4-2+. The van der Waals surface area contributed by atoms with Crippen LogP contribution in [0.25, 0.3) is 0 Å². The predicted molar refractivity (Wildman–Crippen MR) is 59.8 cm³/mol. The van der Waals surface area contributed by atoms with E-state index in [9.17, 15) is 18.0 Å². The maximum Gasteiger partial charge on any atom is 0.416 e. The Morgan fingerprint density at radius 1 is 1.41 bits per heavy atom. The topological polar surface area (TPSA) is 29.1 Å². The molecule has 0 fully saturated rings. The number of hydrogen-bond acceptors (Lipinski definition) is 2. The molecular weight excluding hydrogens is 231 g/mol. The first-order chi connectivity index (χ1) is 7.93. The number of allylic oxidation sites excluding steroid dienone is 1. The predicted octanol–water partition coefficient (Wildman–Crippen LogP) is 3.26. The van der Waals surface area contributed by atoms with Crippen LogP contribution >= 0.6 is 0 Å². The van der Waals surface area contributed by atoms with Crippen LogP contribution in [0.1, 0.15) is 12.5 Å². The first kappa shape index (κ1) is 13.3. The second kappa shape index (κ2) is 5.52. The van der Waals surface area contributed by atoms with Gasteiger partial charge >= 0.3 is 6.18 Å². The molecule has 0 spiro atoms. The SMILES string of the molecule is C/C=C/C(=O)CNc1cccc(C(F)(F)F)c1. The van der Waals surface area contributed by atoms with Gasteiger partial charge in [0.2, 0.25) is 0 Å². The highest BCUT2D eigenvalue weighted by molar-refractivity contribution is 5.92. The molecule has 0 aliphatic heterocycles. The summed E-state index contributed by atoms with van der Waals surface area (Å²) in [7, 11) is 0. The minimum absolute atomic E-state index is 0.0222. The third kappa shape index (κ3) is 4.30. The number of carbonyl (C=O) groups excluding carboxylic acids is 1.